The number of hydrogen-bond donors (Lipinski definition) is 1. The third-order valence-electron chi connectivity index (χ3n) is 5.41. The van der Waals surface area contributed by atoms with Crippen molar-refractivity contribution in [1.82, 2.24) is 20.2 Å². The number of benzene rings is 1. The van der Waals surface area contributed by atoms with Gasteiger partial charge in [0.15, 0.2) is 5.13 Å². The van der Waals surface area contributed by atoms with Gasteiger partial charge in [-0.25, -0.2) is 9.97 Å². The Kier molecular flexibility index (Phi) is 5.64. The van der Waals surface area contributed by atoms with Crippen molar-refractivity contribution in [2.24, 2.45) is 0 Å². The van der Waals surface area contributed by atoms with Crippen LogP contribution in [-0.2, 0) is 0 Å². The van der Waals surface area contributed by atoms with Crippen molar-refractivity contribution in [1.29, 1.82) is 0 Å². The predicted octanol–water partition coefficient (Wildman–Crippen LogP) is 4.73. The van der Waals surface area contributed by atoms with E-state index in [4.69, 9.17) is 9.47 Å². The van der Waals surface area contributed by atoms with Crippen molar-refractivity contribution in [3.63, 3.8) is 0 Å². The predicted molar refractivity (Wildman–Crippen MR) is 122 cm³/mol. The molecule has 1 aliphatic rings. The van der Waals surface area contributed by atoms with Crippen LogP contribution in [0, 0.1) is 0 Å². The maximum atomic E-state index is 13.1. The van der Waals surface area contributed by atoms with Crippen molar-refractivity contribution >= 4 is 32.7 Å². The van der Waals surface area contributed by atoms with E-state index in [0.717, 1.165) is 18.4 Å². The fraction of sp³-hybridized carbons (Fsp3) is 0.261. The molecule has 0 atom stereocenters. The third kappa shape index (κ3) is 4.11. The number of para-hydroxylation sites is 1. The highest BCUT2D eigenvalue weighted by Gasteiger charge is 2.20. The van der Waals surface area contributed by atoms with Crippen LogP contribution in [0.1, 0.15) is 36.0 Å². The number of nitrogens with zero attached hydrogens (tertiary/aromatic N) is 4. The Morgan fingerprint density at radius 2 is 1.84 bits per heavy atom. The zero-order valence-electron chi connectivity index (χ0n) is 17.4. The minimum absolute atomic E-state index is 0.236. The number of anilines is 1. The van der Waals surface area contributed by atoms with Gasteiger partial charge in [0.1, 0.15) is 22.2 Å². The standard InChI is InChI=1S/C23H21N5O3S/c1-30-19-9-5-4-8-15(19)16-12-24-25-13-17(16)21(29)28-23-26-18-10-11-20(27-22(18)32-23)31-14-6-2-3-7-14/h4-5,8-14H,2-3,6-7H2,1H3,(H,26,28,29). The molecule has 9 heteroatoms. The van der Waals surface area contributed by atoms with Gasteiger partial charge < -0.3 is 9.47 Å². The number of thiazole rings is 1. The molecule has 1 amide bonds. The molecular formula is C23H21N5O3S. The van der Waals surface area contributed by atoms with E-state index in [1.54, 1.807) is 13.3 Å². The molecule has 4 aromatic rings. The fourth-order valence-electron chi connectivity index (χ4n) is 3.84. The molecule has 0 unspecified atom stereocenters. The Bertz CT molecular complexity index is 1270. The lowest BCUT2D eigenvalue weighted by Gasteiger charge is -2.11. The summed E-state index contributed by atoms with van der Waals surface area (Å²) in [7, 11) is 1.59. The van der Waals surface area contributed by atoms with Gasteiger partial charge in [-0.3, -0.25) is 10.1 Å². The van der Waals surface area contributed by atoms with Crippen molar-refractivity contribution in [3.8, 4) is 22.8 Å². The van der Waals surface area contributed by atoms with E-state index in [0.29, 0.717) is 38.2 Å². The van der Waals surface area contributed by atoms with Gasteiger partial charge in [-0.1, -0.05) is 29.5 Å². The van der Waals surface area contributed by atoms with E-state index in [2.05, 4.69) is 25.5 Å². The average molecular weight is 448 g/mol. The van der Waals surface area contributed by atoms with E-state index in [1.807, 2.05) is 36.4 Å². The van der Waals surface area contributed by atoms with E-state index < -0.39 is 0 Å². The van der Waals surface area contributed by atoms with Gasteiger partial charge >= 0.3 is 0 Å². The summed E-state index contributed by atoms with van der Waals surface area (Å²) >= 11 is 1.31. The highest BCUT2D eigenvalue weighted by Crippen LogP contribution is 2.33. The monoisotopic (exact) mass is 447 g/mol. The molecule has 0 aliphatic heterocycles. The van der Waals surface area contributed by atoms with Gasteiger partial charge in [-0.15, -0.1) is 0 Å². The molecule has 1 N–H and O–H groups in total. The Balaban J connectivity index is 1.39. The average Bonchev–Trinajstić information content (AvgIpc) is 3.48. The van der Waals surface area contributed by atoms with Gasteiger partial charge in [-0.05, 0) is 37.8 Å². The Morgan fingerprint density at radius 3 is 2.69 bits per heavy atom. The van der Waals surface area contributed by atoms with Crippen LogP contribution in [0.3, 0.4) is 0 Å². The molecule has 1 aromatic carbocycles. The van der Waals surface area contributed by atoms with Crippen LogP contribution in [0.25, 0.3) is 21.5 Å². The molecule has 0 spiro atoms. The Hall–Kier alpha value is -3.59. The summed E-state index contributed by atoms with van der Waals surface area (Å²) in [6.45, 7) is 0. The van der Waals surface area contributed by atoms with Crippen LogP contribution in [0.5, 0.6) is 11.6 Å². The van der Waals surface area contributed by atoms with Crippen LogP contribution in [0.2, 0.25) is 0 Å². The summed E-state index contributed by atoms with van der Waals surface area (Å²) in [5.41, 5.74) is 2.47. The summed E-state index contributed by atoms with van der Waals surface area (Å²) in [5, 5.41) is 11.2. The van der Waals surface area contributed by atoms with Gasteiger partial charge in [-0.2, -0.15) is 10.2 Å². The highest BCUT2D eigenvalue weighted by atomic mass is 32.1. The second-order valence-electron chi connectivity index (χ2n) is 7.49. The second-order valence-corrected chi connectivity index (χ2v) is 8.47. The molecular weight excluding hydrogens is 426 g/mol. The number of amides is 1. The van der Waals surface area contributed by atoms with Gasteiger partial charge in [0.25, 0.3) is 5.91 Å². The van der Waals surface area contributed by atoms with Crippen LogP contribution in [0.4, 0.5) is 5.13 Å². The molecule has 162 valence electrons. The van der Waals surface area contributed by atoms with Gasteiger partial charge in [0.2, 0.25) is 5.88 Å². The largest absolute Gasteiger partial charge is 0.496 e. The SMILES string of the molecule is COc1ccccc1-c1cnncc1C(=O)Nc1nc2ccc(OC3CCCC3)nc2s1. The molecule has 1 saturated carbocycles. The Labute approximate surface area is 188 Å². The summed E-state index contributed by atoms with van der Waals surface area (Å²) in [4.78, 5) is 22.9. The number of pyridine rings is 1. The molecule has 0 bridgehead atoms. The second kappa shape index (κ2) is 8.88. The number of aromatic nitrogens is 4. The summed E-state index contributed by atoms with van der Waals surface area (Å²) in [6, 6.07) is 11.2. The molecule has 8 nitrogen and oxygen atoms in total. The minimum Gasteiger partial charge on any atom is -0.496 e. The topological polar surface area (TPSA) is 99.1 Å². The number of fused-ring (bicyclic) bond motifs is 1. The van der Waals surface area contributed by atoms with Crippen LogP contribution < -0.4 is 14.8 Å². The quantitative estimate of drug-likeness (QED) is 0.456. The van der Waals surface area contributed by atoms with Crippen molar-refractivity contribution in [2.45, 2.75) is 31.8 Å². The third-order valence-corrected chi connectivity index (χ3v) is 6.29. The molecule has 3 aromatic heterocycles. The number of rotatable bonds is 6. The number of methoxy groups -OCH3 is 1. The number of carbonyl (C=O) groups excluding carboxylic acids is 1. The van der Waals surface area contributed by atoms with Crippen molar-refractivity contribution in [3.05, 3.63) is 54.4 Å². The number of nitrogens with one attached hydrogen (secondary N) is 1. The molecule has 0 saturated heterocycles. The van der Waals surface area contributed by atoms with E-state index in [9.17, 15) is 4.79 Å². The zero-order chi connectivity index (χ0) is 21.9. The van der Waals surface area contributed by atoms with Crippen LogP contribution >= 0.6 is 11.3 Å². The lowest BCUT2D eigenvalue weighted by atomic mass is 10.0. The van der Waals surface area contributed by atoms with E-state index in [1.165, 1.54) is 30.4 Å². The summed E-state index contributed by atoms with van der Waals surface area (Å²) < 4.78 is 11.4. The van der Waals surface area contributed by atoms with Crippen LogP contribution in [0.15, 0.2) is 48.8 Å². The molecule has 0 radical (unpaired) electrons. The molecule has 1 fully saturated rings. The first-order valence-electron chi connectivity index (χ1n) is 10.4. The summed E-state index contributed by atoms with van der Waals surface area (Å²) in [6.07, 6.45) is 7.76. The zero-order valence-corrected chi connectivity index (χ0v) is 18.3. The minimum atomic E-state index is -0.331. The molecule has 3 heterocycles. The smallest absolute Gasteiger partial charge is 0.259 e. The summed E-state index contributed by atoms with van der Waals surface area (Å²) in [5.74, 6) is 0.915. The molecule has 32 heavy (non-hydrogen) atoms. The first kappa shape index (κ1) is 20.3. The number of carbonyl (C=O) groups is 1. The van der Waals surface area contributed by atoms with Crippen LogP contribution in [-0.4, -0.2) is 39.3 Å². The fourth-order valence-corrected chi connectivity index (χ4v) is 4.67. The lowest BCUT2D eigenvalue weighted by molar-refractivity contribution is 0.102. The van der Waals surface area contributed by atoms with E-state index >= 15 is 0 Å². The first-order chi connectivity index (χ1) is 15.7. The van der Waals surface area contributed by atoms with Crippen molar-refractivity contribution < 1.29 is 14.3 Å². The lowest BCUT2D eigenvalue weighted by Crippen LogP contribution is -2.14. The van der Waals surface area contributed by atoms with Crippen molar-refractivity contribution in [2.75, 3.05) is 12.4 Å². The van der Waals surface area contributed by atoms with E-state index in [-0.39, 0.29) is 12.0 Å². The Morgan fingerprint density at radius 1 is 1.03 bits per heavy atom. The van der Waals surface area contributed by atoms with Gasteiger partial charge in [0.05, 0.1) is 25.1 Å². The highest BCUT2D eigenvalue weighted by molar-refractivity contribution is 7.22. The first-order valence-corrected chi connectivity index (χ1v) is 11.2. The number of hydrogen-bond acceptors (Lipinski definition) is 8. The maximum absolute atomic E-state index is 13.1. The maximum Gasteiger partial charge on any atom is 0.259 e. The molecule has 1 aliphatic carbocycles. The normalized spacial score (nSPS) is 13.9. The van der Waals surface area contributed by atoms with Gasteiger partial charge in [0, 0.05) is 17.2 Å². The molecule has 5 rings (SSSR count). The number of ether oxygens (including phenoxy) is 2.